The van der Waals surface area contributed by atoms with E-state index in [0.29, 0.717) is 0 Å². The SMILES string of the molecule is C[C@H](C(N)=O)[C@@H](O)[C@H](O)[C@H](O)CO. The maximum absolute atomic E-state index is 10.6. The zero-order valence-corrected chi connectivity index (χ0v) is 7.29. The van der Waals surface area contributed by atoms with Gasteiger partial charge in [-0.05, 0) is 0 Å². The van der Waals surface area contributed by atoms with Gasteiger partial charge in [0.15, 0.2) is 0 Å². The number of amides is 1. The Morgan fingerprint density at radius 2 is 1.77 bits per heavy atom. The molecule has 0 aromatic heterocycles. The topological polar surface area (TPSA) is 124 Å². The molecule has 0 aliphatic carbocycles. The highest BCUT2D eigenvalue weighted by molar-refractivity contribution is 5.76. The number of hydrogen-bond donors (Lipinski definition) is 5. The van der Waals surface area contributed by atoms with Crippen molar-refractivity contribution < 1.29 is 25.2 Å². The van der Waals surface area contributed by atoms with Gasteiger partial charge < -0.3 is 26.2 Å². The van der Waals surface area contributed by atoms with Gasteiger partial charge in [-0.3, -0.25) is 4.79 Å². The molecule has 0 aromatic rings. The lowest BCUT2D eigenvalue weighted by Gasteiger charge is -2.24. The fourth-order valence-electron chi connectivity index (χ4n) is 0.800. The minimum absolute atomic E-state index is 0.691. The van der Waals surface area contributed by atoms with E-state index in [2.05, 4.69) is 0 Å². The number of carbonyl (C=O) groups excluding carboxylic acids is 1. The third kappa shape index (κ3) is 3.27. The maximum Gasteiger partial charge on any atom is 0.222 e. The Bertz CT molecular complexity index is 174. The van der Waals surface area contributed by atoms with Crippen LogP contribution in [0, 0.1) is 5.92 Å². The summed E-state index contributed by atoms with van der Waals surface area (Å²) >= 11 is 0. The molecule has 0 spiro atoms. The molecule has 1 amide bonds. The molecule has 0 heterocycles. The van der Waals surface area contributed by atoms with Crippen LogP contribution in [-0.4, -0.2) is 51.3 Å². The van der Waals surface area contributed by atoms with E-state index in [-0.39, 0.29) is 0 Å². The Morgan fingerprint density at radius 3 is 2.08 bits per heavy atom. The second-order valence-electron chi connectivity index (χ2n) is 2.92. The van der Waals surface area contributed by atoms with Gasteiger partial charge in [0.05, 0.1) is 18.6 Å². The van der Waals surface area contributed by atoms with E-state index in [0.717, 1.165) is 0 Å². The van der Waals surface area contributed by atoms with Crippen molar-refractivity contribution in [3.8, 4) is 0 Å². The molecule has 6 heteroatoms. The van der Waals surface area contributed by atoms with Crippen molar-refractivity contribution in [3.63, 3.8) is 0 Å². The van der Waals surface area contributed by atoms with Crippen LogP contribution in [0.5, 0.6) is 0 Å². The molecule has 78 valence electrons. The van der Waals surface area contributed by atoms with Gasteiger partial charge in [-0.1, -0.05) is 6.92 Å². The Morgan fingerprint density at radius 1 is 1.31 bits per heavy atom. The highest BCUT2D eigenvalue weighted by Gasteiger charge is 2.31. The van der Waals surface area contributed by atoms with Gasteiger partial charge in [0.25, 0.3) is 0 Å². The van der Waals surface area contributed by atoms with E-state index in [1.54, 1.807) is 0 Å². The quantitative estimate of drug-likeness (QED) is 0.322. The number of carbonyl (C=O) groups is 1. The molecule has 0 unspecified atom stereocenters. The lowest BCUT2D eigenvalue weighted by molar-refractivity contribution is -0.133. The average molecular weight is 193 g/mol. The van der Waals surface area contributed by atoms with Gasteiger partial charge in [-0.25, -0.2) is 0 Å². The van der Waals surface area contributed by atoms with Gasteiger partial charge >= 0.3 is 0 Å². The fourth-order valence-corrected chi connectivity index (χ4v) is 0.800. The molecular formula is C7H15NO5. The minimum Gasteiger partial charge on any atom is -0.394 e. The summed E-state index contributed by atoms with van der Waals surface area (Å²) in [6.07, 6.45) is -4.52. The van der Waals surface area contributed by atoms with E-state index < -0.39 is 36.7 Å². The standard InChI is InChI=1S/C7H15NO5/c1-3(7(8)13)5(11)6(12)4(10)2-9/h3-6,9-12H,2H2,1H3,(H2,8,13)/t3-,4+,5+,6+/m0/s1. The van der Waals surface area contributed by atoms with Gasteiger partial charge in [0.2, 0.25) is 5.91 Å². The normalized spacial score (nSPS) is 20.4. The number of nitrogens with two attached hydrogens (primary N) is 1. The van der Waals surface area contributed by atoms with Crippen molar-refractivity contribution in [2.75, 3.05) is 6.61 Å². The summed E-state index contributed by atoms with van der Waals surface area (Å²) in [6, 6.07) is 0. The predicted molar refractivity (Wildman–Crippen MR) is 43.5 cm³/mol. The summed E-state index contributed by atoms with van der Waals surface area (Å²) < 4.78 is 0. The van der Waals surface area contributed by atoms with Gasteiger partial charge in [0.1, 0.15) is 12.2 Å². The zero-order valence-electron chi connectivity index (χ0n) is 7.29. The van der Waals surface area contributed by atoms with Crippen LogP contribution in [-0.2, 0) is 4.79 Å². The molecular weight excluding hydrogens is 178 g/mol. The summed E-state index contributed by atoms with van der Waals surface area (Å²) in [5.74, 6) is -1.76. The molecule has 4 atom stereocenters. The molecule has 0 aromatic carbocycles. The Labute approximate surface area is 75.6 Å². The van der Waals surface area contributed by atoms with Gasteiger partial charge in [-0.15, -0.1) is 0 Å². The lowest BCUT2D eigenvalue weighted by Crippen LogP contribution is -2.46. The molecule has 0 fully saturated rings. The first-order valence-electron chi connectivity index (χ1n) is 3.86. The molecule has 6 N–H and O–H groups in total. The van der Waals surface area contributed by atoms with E-state index in [4.69, 9.17) is 21.1 Å². The second-order valence-corrected chi connectivity index (χ2v) is 2.92. The number of hydrogen-bond acceptors (Lipinski definition) is 5. The summed E-state index contributed by atoms with van der Waals surface area (Å²) in [5, 5.41) is 35.7. The maximum atomic E-state index is 10.6. The molecule has 0 saturated carbocycles. The second kappa shape index (κ2) is 5.13. The highest BCUT2D eigenvalue weighted by atomic mass is 16.4. The fraction of sp³-hybridized carbons (Fsp3) is 0.857. The summed E-state index contributed by atoms with van der Waals surface area (Å²) in [4.78, 5) is 10.6. The number of rotatable bonds is 5. The van der Waals surface area contributed by atoms with E-state index in [9.17, 15) is 9.90 Å². The largest absolute Gasteiger partial charge is 0.394 e. The van der Waals surface area contributed by atoms with E-state index in [1.165, 1.54) is 6.92 Å². The van der Waals surface area contributed by atoms with Crippen LogP contribution in [0.25, 0.3) is 0 Å². The van der Waals surface area contributed by atoms with Crippen molar-refractivity contribution in [3.05, 3.63) is 0 Å². The van der Waals surface area contributed by atoms with Crippen molar-refractivity contribution in [1.29, 1.82) is 0 Å². The monoisotopic (exact) mass is 193 g/mol. The zero-order chi connectivity index (χ0) is 10.6. The Hall–Kier alpha value is -0.690. The first kappa shape index (κ1) is 12.3. The molecule has 0 bridgehead atoms. The third-order valence-corrected chi connectivity index (χ3v) is 1.89. The molecule has 0 aliphatic rings. The van der Waals surface area contributed by atoms with Crippen LogP contribution in [0.3, 0.4) is 0 Å². The first-order valence-corrected chi connectivity index (χ1v) is 3.86. The summed E-state index contributed by atoms with van der Waals surface area (Å²) in [5.41, 5.74) is 4.86. The van der Waals surface area contributed by atoms with Crippen LogP contribution in [0.4, 0.5) is 0 Å². The number of aliphatic hydroxyl groups excluding tert-OH is 4. The summed E-state index contributed by atoms with van der Waals surface area (Å²) in [7, 11) is 0. The Kier molecular flexibility index (Phi) is 4.86. The van der Waals surface area contributed by atoms with E-state index in [1.807, 2.05) is 0 Å². The van der Waals surface area contributed by atoms with Crippen LogP contribution in [0.2, 0.25) is 0 Å². The third-order valence-electron chi connectivity index (χ3n) is 1.89. The van der Waals surface area contributed by atoms with E-state index >= 15 is 0 Å². The van der Waals surface area contributed by atoms with Gasteiger partial charge in [0, 0.05) is 0 Å². The smallest absolute Gasteiger partial charge is 0.222 e. The molecule has 0 radical (unpaired) electrons. The molecule has 0 saturated heterocycles. The number of primary amides is 1. The number of aliphatic hydroxyl groups is 4. The van der Waals surface area contributed by atoms with Crippen LogP contribution < -0.4 is 5.73 Å². The minimum atomic E-state index is -1.58. The van der Waals surface area contributed by atoms with Gasteiger partial charge in [-0.2, -0.15) is 0 Å². The molecule has 0 aliphatic heterocycles. The van der Waals surface area contributed by atoms with Crippen molar-refractivity contribution in [2.45, 2.75) is 25.2 Å². The Balaban J connectivity index is 4.24. The average Bonchev–Trinajstić information content (AvgIpc) is 2.12. The van der Waals surface area contributed by atoms with Crippen LogP contribution in [0.15, 0.2) is 0 Å². The van der Waals surface area contributed by atoms with Crippen molar-refractivity contribution >= 4 is 5.91 Å². The van der Waals surface area contributed by atoms with Crippen molar-refractivity contribution in [2.24, 2.45) is 11.7 Å². The summed E-state index contributed by atoms with van der Waals surface area (Å²) in [6.45, 7) is 0.629. The lowest BCUT2D eigenvalue weighted by atomic mass is 9.96. The van der Waals surface area contributed by atoms with Crippen LogP contribution in [0.1, 0.15) is 6.92 Å². The molecule has 13 heavy (non-hydrogen) atoms. The molecule has 0 rings (SSSR count). The predicted octanol–water partition coefficient (Wildman–Crippen LogP) is -2.82. The highest BCUT2D eigenvalue weighted by Crippen LogP contribution is 2.09. The molecule has 6 nitrogen and oxygen atoms in total. The van der Waals surface area contributed by atoms with Crippen LogP contribution >= 0.6 is 0 Å². The first-order chi connectivity index (χ1) is 5.91. The van der Waals surface area contributed by atoms with Crippen molar-refractivity contribution in [1.82, 2.24) is 0 Å².